The van der Waals surface area contributed by atoms with Crippen LogP contribution in [-0.2, 0) is 16.6 Å². The monoisotopic (exact) mass is 461 g/mol. The summed E-state index contributed by atoms with van der Waals surface area (Å²) in [6, 6.07) is 13.7. The summed E-state index contributed by atoms with van der Waals surface area (Å²) in [7, 11) is -1.02. The first-order chi connectivity index (χ1) is 13.0. The highest BCUT2D eigenvalue weighted by molar-refractivity contribution is 9.10. The SMILES string of the molecule is NCCS(=O)Cc1cc(-c2c[nH]c3ccc(Br)cc23)nc2cc(Cl)ccc12. The number of aromatic nitrogens is 2. The summed E-state index contributed by atoms with van der Waals surface area (Å²) in [5.41, 5.74) is 10.2. The minimum atomic E-state index is -1.02. The van der Waals surface area contributed by atoms with Gasteiger partial charge in [0.1, 0.15) is 0 Å². The number of H-pyrrole nitrogens is 1. The van der Waals surface area contributed by atoms with Gasteiger partial charge in [0.2, 0.25) is 0 Å². The number of benzene rings is 2. The molecule has 1 unspecified atom stereocenters. The molecular formula is C20H17BrClN3OS. The maximum Gasteiger partial charge on any atom is 0.0734 e. The number of aromatic amines is 1. The lowest BCUT2D eigenvalue weighted by Gasteiger charge is -2.10. The molecule has 0 aliphatic carbocycles. The predicted molar refractivity (Wildman–Crippen MR) is 118 cm³/mol. The molecule has 4 nitrogen and oxygen atoms in total. The fourth-order valence-electron chi connectivity index (χ4n) is 3.21. The highest BCUT2D eigenvalue weighted by atomic mass is 79.9. The van der Waals surface area contributed by atoms with Crippen LogP contribution in [0.25, 0.3) is 33.1 Å². The van der Waals surface area contributed by atoms with Gasteiger partial charge in [0, 0.05) is 66.4 Å². The zero-order chi connectivity index (χ0) is 19.0. The van der Waals surface area contributed by atoms with Crippen molar-refractivity contribution in [2.24, 2.45) is 5.73 Å². The van der Waals surface area contributed by atoms with Crippen molar-refractivity contribution in [1.82, 2.24) is 9.97 Å². The van der Waals surface area contributed by atoms with Gasteiger partial charge in [-0.3, -0.25) is 4.21 Å². The van der Waals surface area contributed by atoms with E-state index in [1.165, 1.54) is 0 Å². The Hall–Kier alpha value is -1.73. The highest BCUT2D eigenvalue weighted by Crippen LogP contribution is 2.33. The van der Waals surface area contributed by atoms with Crippen LogP contribution < -0.4 is 5.73 Å². The molecule has 0 amide bonds. The molecule has 0 spiro atoms. The molecule has 2 aromatic carbocycles. The van der Waals surface area contributed by atoms with Gasteiger partial charge in [0.05, 0.1) is 11.2 Å². The van der Waals surface area contributed by atoms with E-state index in [1.807, 2.05) is 42.6 Å². The van der Waals surface area contributed by atoms with Gasteiger partial charge in [-0.25, -0.2) is 4.98 Å². The molecule has 0 saturated heterocycles. The Balaban J connectivity index is 1.92. The van der Waals surface area contributed by atoms with E-state index in [9.17, 15) is 4.21 Å². The Labute approximate surface area is 172 Å². The summed E-state index contributed by atoms with van der Waals surface area (Å²) in [6.45, 7) is 0.408. The minimum absolute atomic E-state index is 0.408. The first-order valence-corrected chi connectivity index (χ1v) is 11.1. The second-order valence-corrected chi connectivity index (χ2v) is 9.23. The Morgan fingerprint density at radius 2 is 2.00 bits per heavy atom. The van der Waals surface area contributed by atoms with Gasteiger partial charge in [0.15, 0.2) is 0 Å². The average molecular weight is 463 g/mol. The Kier molecular flexibility index (Phi) is 5.32. The summed E-state index contributed by atoms with van der Waals surface area (Å²) in [5, 5.41) is 2.67. The van der Waals surface area contributed by atoms with Crippen LogP contribution in [0.15, 0.2) is 53.1 Å². The molecule has 0 fully saturated rings. The van der Waals surface area contributed by atoms with E-state index >= 15 is 0 Å². The molecule has 0 radical (unpaired) electrons. The van der Waals surface area contributed by atoms with Crippen LogP contribution in [0.4, 0.5) is 0 Å². The average Bonchev–Trinajstić information content (AvgIpc) is 3.04. The Morgan fingerprint density at radius 3 is 2.81 bits per heavy atom. The molecule has 0 aliphatic rings. The molecule has 7 heteroatoms. The van der Waals surface area contributed by atoms with E-state index in [0.717, 1.165) is 43.1 Å². The van der Waals surface area contributed by atoms with Crippen LogP contribution in [0.3, 0.4) is 0 Å². The molecule has 138 valence electrons. The van der Waals surface area contributed by atoms with E-state index in [4.69, 9.17) is 22.3 Å². The second kappa shape index (κ2) is 7.72. The summed E-state index contributed by atoms with van der Waals surface area (Å²) in [6.07, 6.45) is 1.95. The fourth-order valence-corrected chi connectivity index (χ4v) is 4.73. The minimum Gasteiger partial charge on any atom is -0.360 e. The van der Waals surface area contributed by atoms with Crippen molar-refractivity contribution in [2.75, 3.05) is 12.3 Å². The topological polar surface area (TPSA) is 71.8 Å². The number of hydrogen-bond acceptors (Lipinski definition) is 3. The van der Waals surface area contributed by atoms with Crippen molar-refractivity contribution in [3.8, 4) is 11.3 Å². The maximum atomic E-state index is 12.4. The summed E-state index contributed by atoms with van der Waals surface area (Å²) in [4.78, 5) is 8.12. The Bertz CT molecular complexity index is 1170. The van der Waals surface area contributed by atoms with E-state index in [0.29, 0.717) is 23.1 Å². The van der Waals surface area contributed by atoms with E-state index in [2.05, 4.69) is 27.0 Å². The molecule has 4 rings (SSSR count). The highest BCUT2D eigenvalue weighted by Gasteiger charge is 2.14. The van der Waals surface area contributed by atoms with E-state index in [-0.39, 0.29) is 0 Å². The van der Waals surface area contributed by atoms with Crippen molar-refractivity contribution < 1.29 is 4.21 Å². The number of rotatable bonds is 5. The number of pyridine rings is 1. The standard InChI is InChI=1S/C20H17BrClN3OS/c21-13-1-4-18-16(8-13)17(10-24-18)19-7-12(11-27(26)6-5-23)15-3-2-14(22)9-20(15)25-19/h1-4,7-10,24H,5-6,11,23H2. The van der Waals surface area contributed by atoms with Crippen molar-refractivity contribution in [1.29, 1.82) is 0 Å². The van der Waals surface area contributed by atoms with Crippen LogP contribution in [0.5, 0.6) is 0 Å². The van der Waals surface area contributed by atoms with Gasteiger partial charge >= 0.3 is 0 Å². The Morgan fingerprint density at radius 1 is 1.15 bits per heavy atom. The number of nitrogens with one attached hydrogen (secondary N) is 1. The first-order valence-electron chi connectivity index (χ1n) is 8.46. The lowest BCUT2D eigenvalue weighted by atomic mass is 10.0. The van der Waals surface area contributed by atoms with Crippen molar-refractivity contribution in [2.45, 2.75) is 5.75 Å². The normalized spacial score (nSPS) is 12.7. The van der Waals surface area contributed by atoms with Gasteiger partial charge in [-0.05, 0) is 42.0 Å². The zero-order valence-electron chi connectivity index (χ0n) is 14.3. The molecule has 0 aliphatic heterocycles. The number of nitrogens with two attached hydrogens (primary N) is 1. The van der Waals surface area contributed by atoms with Crippen LogP contribution in [0, 0.1) is 0 Å². The van der Waals surface area contributed by atoms with Crippen LogP contribution in [0.1, 0.15) is 5.56 Å². The zero-order valence-corrected chi connectivity index (χ0v) is 17.5. The van der Waals surface area contributed by atoms with Crippen LogP contribution in [0.2, 0.25) is 5.02 Å². The molecule has 2 heterocycles. The van der Waals surface area contributed by atoms with Gasteiger partial charge in [-0.1, -0.05) is 33.6 Å². The van der Waals surface area contributed by atoms with Gasteiger partial charge < -0.3 is 10.7 Å². The molecule has 3 N–H and O–H groups in total. The summed E-state index contributed by atoms with van der Waals surface area (Å²) in [5.74, 6) is 0.920. The molecule has 1 atom stereocenters. The smallest absolute Gasteiger partial charge is 0.0734 e. The third kappa shape index (κ3) is 3.80. The number of nitrogens with zero attached hydrogens (tertiary/aromatic N) is 1. The summed E-state index contributed by atoms with van der Waals surface area (Å²) >= 11 is 9.72. The van der Waals surface area contributed by atoms with Crippen LogP contribution >= 0.6 is 27.5 Å². The third-order valence-corrected chi connectivity index (χ3v) is 6.49. The fraction of sp³-hybridized carbons (Fsp3) is 0.150. The first kappa shape index (κ1) is 18.6. The number of halogens is 2. The van der Waals surface area contributed by atoms with Gasteiger partial charge in [-0.15, -0.1) is 0 Å². The molecule has 2 aromatic heterocycles. The number of fused-ring (bicyclic) bond motifs is 2. The molecule has 0 bridgehead atoms. The lowest BCUT2D eigenvalue weighted by Crippen LogP contribution is -2.11. The van der Waals surface area contributed by atoms with Crippen molar-refractivity contribution in [3.05, 3.63) is 63.7 Å². The molecule has 27 heavy (non-hydrogen) atoms. The largest absolute Gasteiger partial charge is 0.360 e. The quantitative estimate of drug-likeness (QED) is 0.438. The maximum absolute atomic E-state index is 12.4. The van der Waals surface area contributed by atoms with E-state index in [1.54, 1.807) is 0 Å². The summed E-state index contributed by atoms with van der Waals surface area (Å²) < 4.78 is 13.4. The lowest BCUT2D eigenvalue weighted by molar-refractivity contribution is 0.682. The number of hydrogen-bond donors (Lipinski definition) is 2. The molecule has 4 aromatic rings. The van der Waals surface area contributed by atoms with Gasteiger partial charge in [-0.2, -0.15) is 0 Å². The second-order valence-electron chi connectivity index (χ2n) is 6.30. The van der Waals surface area contributed by atoms with Crippen LogP contribution in [-0.4, -0.2) is 26.5 Å². The van der Waals surface area contributed by atoms with E-state index < -0.39 is 10.8 Å². The third-order valence-electron chi connectivity index (χ3n) is 4.44. The molecule has 0 saturated carbocycles. The van der Waals surface area contributed by atoms with Crippen molar-refractivity contribution >= 4 is 60.1 Å². The molecular weight excluding hydrogens is 446 g/mol. The predicted octanol–water partition coefficient (Wildman–Crippen LogP) is 5.01. The van der Waals surface area contributed by atoms with Gasteiger partial charge in [0.25, 0.3) is 0 Å². The van der Waals surface area contributed by atoms with Crippen molar-refractivity contribution in [3.63, 3.8) is 0 Å².